The van der Waals surface area contributed by atoms with E-state index in [1.165, 1.54) is 11.3 Å². The van der Waals surface area contributed by atoms with Crippen molar-refractivity contribution in [3.63, 3.8) is 0 Å². The summed E-state index contributed by atoms with van der Waals surface area (Å²) in [4.78, 5) is 0. The van der Waals surface area contributed by atoms with Crippen LogP contribution in [0, 0.1) is 0 Å². The Morgan fingerprint density at radius 2 is 1.88 bits per heavy atom. The minimum Gasteiger partial charge on any atom is -0.384 e. The second kappa shape index (κ2) is 5.19. The van der Waals surface area contributed by atoms with Crippen molar-refractivity contribution in [2.24, 2.45) is 0 Å². The molecule has 0 saturated carbocycles. The van der Waals surface area contributed by atoms with Gasteiger partial charge in [-0.25, -0.2) is 0 Å². The summed E-state index contributed by atoms with van der Waals surface area (Å²) in [5.74, 6) is 0. The Kier molecular flexibility index (Phi) is 4.08. The van der Waals surface area contributed by atoms with Crippen LogP contribution in [0.5, 0.6) is 0 Å². The second-order valence-corrected chi connectivity index (χ2v) is 7.36. The maximum absolute atomic E-state index is 10.2. The molecule has 0 radical (unpaired) electrons. The van der Waals surface area contributed by atoms with Crippen molar-refractivity contribution < 1.29 is 5.11 Å². The number of thiophene rings is 1. The first-order valence-corrected chi connectivity index (χ1v) is 7.25. The van der Waals surface area contributed by atoms with Crippen LogP contribution in [0.2, 0.25) is 5.02 Å². The molecule has 1 nitrogen and oxygen atoms in total. The van der Waals surface area contributed by atoms with Crippen molar-refractivity contribution in [1.29, 1.82) is 0 Å². The number of aliphatic hydroxyl groups is 1. The maximum Gasteiger partial charge on any atom is 0.107 e. The molecule has 1 heterocycles. The number of hydrogen-bond donors (Lipinski definition) is 1. The van der Waals surface area contributed by atoms with Crippen LogP contribution in [-0.2, 0) is 0 Å². The van der Waals surface area contributed by atoms with E-state index < -0.39 is 6.10 Å². The highest BCUT2D eigenvalue weighted by molar-refractivity contribution is 9.12. The lowest BCUT2D eigenvalue weighted by Gasteiger charge is -2.11. The van der Waals surface area contributed by atoms with Crippen LogP contribution in [0.4, 0.5) is 0 Å². The number of hydrogen-bond acceptors (Lipinski definition) is 2. The summed E-state index contributed by atoms with van der Waals surface area (Å²) < 4.78 is 1.88. The molecule has 0 amide bonds. The SMILES string of the molecule is OC(c1ccccc1Cl)c1cc(Br)sc1Br. The molecule has 16 heavy (non-hydrogen) atoms. The van der Waals surface area contributed by atoms with Crippen LogP contribution >= 0.6 is 54.8 Å². The van der Waals surface area contributed by atoms with Crippen LogP contribution in [0.15, 0.2) is 37.9 Å². The highest BCUT2D eigenvalue weighted by Crippen LogP contribution is 2.39. The van der Waals surface area contributed by atoms with E-state index in [1.807, 2.05) is 24.3 Å². The van der Waals surface area contributed by atoms with Crippen molar-refractivity contribution in [2.75, 3.05) is 0 Å². The first-order valence-electron chi connectivity index (χ1n) is 4.47. The third-order valence-electron chi connectivity index (χ3n) is 2.18. The number of rotatable bonds is 2. The molecule has 84 valence electrons. The highest BCUT2D eigenvalue weighted by Gasteiger charge is 2.18. The molecule has 1 N–H and O–H groups in total. The van der Waals surface area contributed by atoms with Gasteiger partial charge >= 0.3 is 0 Å². The van der Waals surface area contributed by atoms with Crippen molar-refractivity contribution >= 4 is 54.8 Å². The third kappa shape index (κ3) is 2.51. The molecule has 0 aliphatic rings. The average molecular weight is 383 g/mol. The van der Waals surface area contributed by atoms with Crippen LogP contribution in [0.1, 0.15) is 17.2 Å². The van der Waals surface area contributed by atoms with Crippen molar-refractivity contribution in [3.8, 4) is 0 Å². The van der Waals surface area contributed by atoms with Gasteiger partial charge in [-0.05, 0) is 44.0 Å². The third-order valence-corrected chi connectivity index (χ3v) is 4.91. The first kappa shape index (κ1) is 12.6. The van der Waals surface area contributed by atoms with Crippen LogP contribution in [-0.4, -0.2) is 5.11 Å². The van der Waals surface area contributed by atoms with E-state index in [0.717, 1.165) is 18.7 Å². The molecule has 0 bridgehead atoms. The van der Waals surface area contributed by atoms with Gasteiger partial charge in [0.25, 0.3) is 0 Å². The van der Waals surface area contributed by atoms with Gasteiger partial charge in [0.05, 0.1) is 7.57 Å². The normalized spacial score (nSPS) is 12.8. The Balaban J connectivity index is 2.43. The Morgan fingerprint density at radius 1 is 1.19 bits per heavy atom. The molecule has 1 unspecified atom stereocenters. The molecule has 5 heteroatoms. The van der Waals surface area contributed by atoms with E-state index in [9.17, 15) is 5.11 Å². The molecular weight excluding hydrogens is 375 g/mol. The fraction of sp³-hybridized carbons (Fsp3) is 0.0909. The average Bonchev–Trinajstić information content (AvgIpc) is 2.58. The lowest BCUT2D eigenvalue weighted by molar-refractivity contribution is 0.220. The molecular formula is C11H7Br2ClOS. The molecule has 0 fully saturated rings. The van der Waals surface area contributed by atoms with Gasteiger partial charge in [0, 0.05) is 16.1 Å². The van der Waals surface area contributed by atoms with E-state index in [2.05, 4.69) is 31.9 Å². The monoisotopic (exact) mass is 380 g/mol. The number of halogens is 3. The van der Waals surface area contributed by atoms with Gasteiger partial charge < -0.3 is 5.11 Å². The van der Waals surface area contributed by atoms with Gasteiger partial charge in [-0.15, -0.1) is 11.3 Å². The van der Waals surface area contributed by atoms with E-state index in [-0.39, 0.29) is 0 Å². The van der Waals surface area contributed by atoms with E-state index in [1.54, 1.807) is 6.07 Å². The van der Waals surface area contributed by atoms with Crippen LogP contribution < -0.4 is 0 Å². The minimum absolute atomic E-state index is 0.573. The smallest absolute Gasteiger partial charge is 0.107 e. The molecule has 0 saturated heterocycles. The summed E-state index contributed by atoms with van der Waals surface area (Å²) in [6.45, 7) is 0. The van der Waals surface area contributed by atoms with E-state index in [4.69, 9.17) is 11.6 Å². The maximum atomic E-state index is 10.2. The topological polar surface area (TPSA) is 20.2 Å². The highest BCUT2D eigenvalue weighted by atomic mass is 79.9. The summed E-state index contributed by atoms with van der Waals surface area (Å²) in [5.41, 5.74) is 1.54. The summed E-state index contributed by atoms with van der Waals surface area (Å²) in [6, 6.07) is 9.19. The van der Waals surface area contributed by atoms with Gasteiger partial charge in [0.2, 0.25) is 0 Å². The van der Waals surface area contributed by atoms with E-state index in [0.29, 0.717) is 5.02 Å². The quantitative estimate of drug-likeness (QED) is 0.774. The largest absolute Gasteiger partial charge is 0.384 e. The van der Waals surface area contributed by atoms with Crippen LogP contribution in [0.25, 0.3) is 0 Å². The fourth-order valence-electron chi connectivity index (χ4n) is 1.40. The van der Waals surface area contributed by atoms with E-state index >= 15 is 0 Å². The number of aliphatic hydroxyl groups excluding tert-OH is 1. The number of benzene rings is 1. The summed E-state index contributed by atoms with van der Waals surface area (Å²) >= 11 is 14.4. The van der Waals surface area contributed by atoms with Gasteiger partial charge in [-0.3, -0.25) is 0 Å². The molecule has 1 aromatic heterocycles. The lowest BCUT2D eigenvalue weighted by Crippen LogP contribution is -1.99. The van der Waals surface area contributed by atoms with Crippen LogP contribution in [0.3, 0.4) is 0 Å². The summed E-state index contributed by atoms with van der Waals surface area (Å²) in [7, 11) is 0. The standard InChI is InChI=1S/C11H7Br2ClOS/c12-9-5-7(11(13)16-9)10(15)6-3-1-2-4-8(6)14/h1-5,10,15H. The molecule has 1 aromatic carbocycles. The zero-order valence-electron chi connectivity index (χ0n) is 7.95. The fourth-order valence-corrected chi connectivity index (χ4v) is 4.53. The molecule has 1 atom stereocenters. The molecule has 0 spiro atoms. The van der Waals surface area contributed by atoms with Gasteiger partial charge in [0.1, 0.15) is 6.10 Å². The van der Waals surface area contributed by atoms with Gasteiger partial charge in [-0.1, -0.05) is 29.8 Å². The van der Waals surface area contributed by atoms with Crippen molar-refractivity contribution in [3.05, 3.63) is 54.1 Å². The Bertz CT molecular complexity index is 512. The molecule has 2 aromatic rings. The lowest BCUT2D eigenvalue weighted by atomic mass is 10.0. The molecule has 0 aliphatic carbocycles. The molecule has 0 aliphatic heterocycles. The zero-order chi connectivity index (χ0) is 11.7. The minimum atomic E-state index is -0.703. The van der Waals surface area contributed by atoms with Crippen molar-refractivity contribution in [2.45, 2.75) is 6.10 Å². The predicted molar refractivity (Wildman–Crippen MR) is 75.2 cm³/mol. The Hall–Kier alpha value is 0.130. The second-order valence-electron chi connectivity index (χ2n) is 3.20. The predicted octanol–water partition coefficient (Wildman–Crippen LogP) is 5.01. The first-order chi connectivity index (χ1) is 7.59. The van der Waals surface area contributed by atoms with Crippen molar-refractivity contribution in [1.82, 2.24) is 0 Å². The summed E-state index contributed by atoms with van der Waals surface area (Å²) in [6.07, 6.45) is -0.703. The zero-order valence-corrected chi connectivity index (χ0v) is 12.7. The summed E-state index contributed by atoms with van der Waals surface area (Å²) in [5, 5.41) is 10.8. The van der Waals surface area contributed by atoms with Gasteiger partial charge in [-0.2, -0.15) is 0 Å². The Labute approximate surface area is 119 Å². The molecule has 2 rings (SSSR count). The van der Waals surface area contributed by atoms with Gasteiger partial charge in [0.15, 0.2) is 0 Å². The Morgan fingerprint density at radius 3 is 2.44 bits per heavy atom.